The molecule has 2 heterocycles. The minimum atomic E-state index is -0.0121. The van der Waals surface area contributed by atoms with Gasteiger partial charge in [-0.15, -0.1) is 5.10 Å². The fraction of sp³-hybridized carbons (Fsp3) is 0.364. The molecule has 0 radical (unpaired) electrons. The van der Waals surface area contributed by atoms with E-state index in [4.69, 9.17) is 9.47 Å². The van der Waals surface area contributed by atoms with E-state index in [0.717, 1.165) is 35.7 Å². The Balaban J connectivity index is 1.38. The molecule has 162 valence electrons. The number of tetrazole rings is 1. The Morgan fingerprint density at radius 1 is 1.13 bits per heavy atom. The molecule has 0 aliphatic carbocycles. The van der Waals surface area contributed by atoms with Gasteiger partial charge in [0.2, 0.25) is 5.91 Å². The smallest absolute Gasteiger partial charge is 0.224 e. The number of methoxy groups -OCH3 is 1. The summed E-state index contributed by atoms with van der Waals surface area (Å²) in [6.07, 6.45) is 1.85. The monoisotopic (exact) mass is 422 g/mol. The number of benzene rings is 2. The highest BCUT2D eigenvalue weighted by molar-refractivity contribution is 5.78. The van der Waals surface area contributed by atoms with Crippen LogP contribution in [0.4, 0.5) is 0 Å². The largest absolute Gasteiger partial charge is 0.497 e. The summed E-state index contributed by atoms with van der Waals surface area (Å²) in [4.78, 5) is 15.0. The van der Waals surface area contributed by atoms with Crippen LogP contribution in [0.1, 0.15) is 17.2 Å². The van der Waals surface area contributed by atoms with E-state index in [1.807, 2.05) is 36.4 Å². The Labute approximate surface area is 181 Å². The molecule has 3 aromatic rings. The Morgan fingerprint density at radius 3 is 2.52 bits per heavy atom. The zero-order valence-corrected chi connectivity index (χ0v) is 17.5. The first kappa shape index (κ1) is 21.0. The third-order valence-corrected chi connectivity index (χ3v) is 5.39. The number of morpholine rings is 1. The van der Waals surface area contributed by atoms with Crippen molar-refractivity contribution in [3.05, 3.63) is 66.0 Å². The maximum absolute atomic E-state index is 12.6. The highest BCUT2D eigenvalue weighted by atomic mass is 16.5. The van der Waals surface area contributed by atoms with Gasteiger partial charge in [0, 0.05) is 19.6 Å². The SMILES string of the molecule is COc1ccc(C(CNC(=O)Cc2ccc(-n3cnnn3)cc2)N2CCOCC2)cc1. The number of ether oxygens (including phenoxy) is 2. The van der Waals surface area contributed by atoms with Gasteiger partial charge < -0.3 is 14.8 Å². The fourth-order valence-corrected chi connectivity index (χ4v) is 3.68. The molecule has 0 bridgehead atoms. The molecule has 1 aromatic heterocycles. The summed E-state index contributed by atoms with van der Waals surface area (Å²) >= 11 is 0. The summed E-state index contributed by atoms with van der Waals surface area (Å²) in [6, 6.07) is 15.7. The first-order chi connectivity index (χ1) is 15.2. The van der Waals surface area contributed by atoms with Crippen LogP contribution in [-0.4, -0.2) is 71.0 Å². The molecule has 0 saturated carbocycles. The molecule has 1 saturated heterocycles. The van der Waals surface area contributed by atoms with Gasteiger partial charge in [-0.2, -0.15) is 0 Å². The van der Waals surface area contributed by atoms with E-state index in [-0.39, 0.29) is 11.9 Å². The van der Waals surface area contributed by atoms with Gasteiger partial charge in [0.25, 0.3) is 0 Å². The van der Waals surface area contributed by atoms with Crippen LogP contribution >= 0.6 is 0 Å². The molecule has 1 amide bonds. The van der Waals surface area contributed by atoms with Crippen molar-refractivity contribution < 1.29 is 14.3 Å². The molecule has 31 heavy (non-hydrogen) atoms. The van der Waals surface area contributed by atoms with Gasteiger partial charge in [-0.25, -0.2) is 4.68 Å². The second-order valence-corrected chi connectivity index (χ2v) is 7.34. The molecule has 9 heteroatoms. The zero-order chi connectivity index (χ0) is 21.5. The average Bonchev–Trinajstić information content (AvgIpc) is 3.36. The van der Waals surface area contributed by atoms with Crippen LogP contribution < -0.4 is 10.1 Å². The van der Waals surface area contributed by atoms with E-state index in [0.29, 0.717) is 26.2 Å². The third-order valence-electron chi connectivity index (χ3n) is 5.39. The van der Waals surface area contributed by atoms with Crippen molar-refractivity contribution in [2.24, 2.45) is 0 Å². The lowest BCUT2D eigenvalue weighted by Gasteiger charge is -2.35. The van der Waals surface area contributed by atoms with Gasteiger partial charge in [0.15, 0.2) is 0 Å². The first-order valence-corrected chi connectivity index (χ1v) is 10.3. The highest BCUT2D eigenvalue weighted by Crippen LogP contribution is 2.23. The second-order valence-electron chi connectivity index (χ2n) is 7.34. The number of hydrogen-bond donors (Lipinski definition) is 1. The Kier molecular flexibility index (Phi) is 6.85. The maximum atomic E-state index is 12.6. The van der Waals surface area contributed by atoms with E-state index < -0.39 is 0 Å². The number of carbonyl (C=O) groups excluding carboxylic acids is 1. The van der Waals surface area contributed by atoms with Gasteiger partial charge in [-0.1, -0.05) is 24.3 Å². The predicted molar refractivity (Wildman–Crippen MR) is 114 cm³/mol. The summed E-state index contributed by atoms with van der Waals surface area (Å²) < 4.78 is 12.4. The lowest BCUT2D eigenvalue weighted by atomic mass is 10.0. The number of rotatable bonds is 8. The predicted octanol–water partition coefficient (Wildman–Crippen LogP) is 1.40. The van der Waals surface area contributed by atoms with E-state index in [1.165, 1.54) is 6.33 Å². The lowest BCUT2D eigenvalue weighted by Crippen LogP contribution is -2.44. The number of nitrogens with one attached hydrogen (secondary N) is 1. The molecule has 2 aromatic carbocycles. The minimum Gasteiger partial charge on any atom is -0.497 e. The van der Waals surface area contributed by atoms with E-state index in [9.17, 15) is 4.79 Å². The van der Waals surface area contributed by atoms with Crippen molar-refractivity contribution in [3.63, 3.8) is 0 Å². The molecular formula is C22H26N6O3. The van der Waals surface area contributed by atoms with Crippen LogP contribution in [0.2, 0.25) is 0 Å². The molecule has 9 nitrogen and oxygen atoms in total. The van der Waals surface area contributed by atoms with Gasteiger partial charge in [0.1, 0.15) is 12.1 Å². The zero-order valence-electron chi connectivity index (χ0n) is 17.5. The summed E-state index contributed by atoms with van der Waals surface area (Å²) in [6.45, 7) is 3.62. The molecule has 1 fully saturated rings. The van der Waals surface area contributed by atoms with Gasteiger partial charge in [-0.3, -0.25) is 9.69 Å². The molecular weight excluding hydrogens is 396 g/mol. The Bertz CT molecular complexity index is 954. The number of hydrogen-bond acceptors (Lipinski definition) is 7. The molecule has 1 N–H and O–H groups in total. The topological polar surface area (TPSA) is 94.4 Å². The fourth-order valence-electron chi connectivity index (χ4n) is 3.68. The van der Waals surface area contributed by atoms with E-state index >= 15 is 0 Å². The molecule has 1 aliphatic rings. The van der Waals surface area contributed by atoms with Crippen molar-refractivity contribution >= 4 is 5.91 Å². The first-order valence-electron chi connectivity index (χ1n) is 10.3. The van der Waals surface area contributed by atoms with Crippen molar-refractivity contribution in [1.29, 1.82) is 0 Å². The molecule has 4 rings (SSSR count). The second kappa shape index (κ2) is 10.1. The number of carbonyl (C=O) groups is 1. The van der Waals surface area contributed by atoms with Crippen molar-refractivity contribution in [2.45, 2.75) is 12.5 Å². The van der Waals surface area contributed by atoms with E-state index in [2.05, 4.69) is 37.9 Å². The van der Waals surface area contributed by atoms with Gasteiger partial charge in [-0.05, 0) is 45.8 Å². The maximum Gasteiger partial charge on any atom is 0.224 e. The van der Waals surface area contributed by atoms with Gasteiger partial charge in [0.05, 0.1) is 38.5 Å². The number of aromatic nitrogens is 4. The molecule has 1 atom stereocenters. The average molecular weight is 422 g/mol. The Hall–Kier alpha value is -3.30. The van der Waals surface area contributed by atoms with Crippen LogP contribution in [0.25, 0.3) is 5.69 Å². The summed E-state index contributed by atoms with van der Waals surface area (Å²) in [7, 11) is 1.66. The van der Waals surface area contributed by atoms with Gasteiger partial charge >= 0.3 is 0 Å². The van der Waals surface area contributed by atoms with Crippen LogP contribution in [0, 0.1) is 0 Å². The van der Waals surface area contributed by atoms with Crippen LogP contribution in [0.3, 0.4) is 0 Å². The van der Waals surface area contributed by atoms with Crippen LogP contribution in [0.15, 0.2) is 54.9 Å². The number of nitrogens with zero attached hydrogens (tertiary/aromatic N) is 5. The molecule has 1 unspecified atom stereocenters. The molecule has 0 spiro atoms. The Morgan fingerprint density at radius 2 is 1.87 bits per heavy atom. The summed E-state index contributed by atoms with van der Waals surface area (Å²) in [5.74, 6) is 0.806. The highest BCUT2D eigenvalue weighted by Gasteiger charge is 2.23. The quantitative estimate of drug-likeness (QED) is 0.586. The molecule has 1 aliphatic heterocycles. The van der Waals surface area contributed by atoms with Crippen molar-refractivity contribution in [3.8, 4) is 11.4 Å². The van der Waals surface area contributed by atoms with Crippen LogP contribution in [0.5, 0.6) is 5.75 Å². The summed E-state index contributed by atoms with van der Waals surface area (Å²) in [5, 5.41) is 14.2. The minimum absolute atomic E-state index is 0.0121. The lowest BCUT2D eigenvalue weighted by molar-refractivity contribution is -0.120. The van der Waals surface area contributed by atoms with Crippen molar-refractivity contribution in [1.82, 2.24) is 30.4 Å². The third kappa shape index (κ3) is 5.44. The standard InChI is InChI=1S/C22H26N6O3/c1-30-20-8-4-18(5-9-20)21(27-10-12-31-13-11-27)15-23-22(29)14-17-2-6-19(7-3-17)28-16-24-25-26-28/h2-9,16,21H,10-15H2,1H3,(H,23,29). The van der Waals surface area contributed by atoms with E-state index in [1.54, 1.807) is 11.8 Å². The normalized spacial score (nSPS) is 15.4. The van der Waals surface area contributed by atoms with Crippen LogP contribution in [-0.2, 0) is 16.0 Å². The number of amides is 1. The van der Waals surface area contributed by atoms with Crippen molar-refractivity contribution in [2.75, 3.05) is 40.0 Å². The summed E-state index contributed by atoms with van der Waals surface area (Å²) in [5.41, 5.74) is 2.93.